The number of rotatable bonds is 4. The van der Waals surface area contributed by atoms with Crippen molar-refractivity contribution in [1.29, 1.82) is 0 Å². The molecule has 4 saturated carbocycles. The number of carbonyl (C=O) groups excluding carboxylic acids is 1. The van der Waals surface area contributed by atoms with E-state index in [4.69, 9.17) is 10.5 Å². The summed E-state index contributed by atoms with van der Waals surface area (Å²) in [7, 11) is 1.31. The lowest BCUT2D eigenvalue weighted by atomic mass is 9.52. The minimum atomic E-state index is -1.04. The number of carboxylic acid groups (broad SMARTS) is 1. The van der Waals surface area contributed by atoms with Crippen LogP contribution in [-0.4, -0.2) is 47.3 Å². The fourth-order valence-corrected chi connectivity index (χ4v) is 5.43. The Balaban J connectivity index is 1.95. The minimum absolute atomic E-state index is 0.0772. The van der Waals surface area contributed by atoms with Gasteiger partial charge in [-0.3, -0.25) is 4.90 Å². The normalized spacial score (nSPS) is 38.1. The maximum absolute atomic E-state index is 12.3. The zero-order valence-corrected chi connectivity index (χ0v) is 12.5. The van der Waals surface area contributed by atoms with Crippen LogP contribution in [0.25, 0.3) is 0 Å². The Bertz CT molecular complexity index is 416. The molecule has 4 fully saturated rings. The highest BCUT2D eigenvalue weighted by molar-refractivity contribution is 5.81. The van der Waals surface area contributed by atoms with E-state index in [1.165, 1.54) is 31.3 Å². The van der Waals surface area contributed by atoms with Gasteiger partial charge in [-0.1, -0.05) is 0 Å². The summed E-state index contributed by atoms with van der Waals surface area (Å²) >= 11 is 0. The molecule has 0 aromatic carbocycles. The number of carbonyl (C=O) groups is 2. The molecule has 4 bridgehead atoms. The third-order valence-corrected chi connectivity index (χ3v) is 5.71. The first-order valence-corrected chi connectivity index (χ1v) is 7.79. The number of hydrogen-bond donors (Lipinski definition) is 2. The van der Waals surface area contributed by atoms with Crippen LogP contribution in [0.1, 0.15) is 38.5 Å². The molecule has 1 amide bonds. The third kappa shape index (κ3) is 2.29. The summed E-state index contributed by atoms with van der Waals surface area (Å²) in [5.41, 5.74) is 5.30. The third-order valence-electron chi connectivity index (χ3n) is 5.71. The van der Waals surface area contributed by atoms with Crippen LogP contribution in [0.3, 0.4) is 0 Å². The lowest BCUT2D eigenvalue weighted by Gasteiger charge is -2.60. The number of methoxy groups -OCH3 is 1. The van der Waals surface area contributed by atoms with Crippen molar-refractivity contribution in [3.8, 4) is 0 Å². The second-order valence-corrected chi connectivity index (χ2v) is 7.07. The number of amides is 1. The molecule has 21 heavy (non-hydrogen) atoms. The molecule has 0 heterocycles. The van der Waals surface area contributed by atoms with Gasteiger partial charge >= 0.3 is 12.1 Å². The largest absolute Gasteiger partial charge is 0.480 e. The summed E-state index contributed by atoms with van der Waals surface area (Å²) in [5.74, 6) is 0.820. The number of nitrogens with two attached hydrogens (primary N) is 1. The van der Waals surface area contributed by atoms with Crippen LogP contribution in [0.5, 0.6) is 0 Å². The zero-order valence-electron chi connectivity index (χ0n) is 12.5. The fourth-order valence-electron chi connectivity index (χ4n) is 5.43. The van der Waals surface area contributed by atoms with Crippen LogP contribution in [0.2, 0.25) is 0 Å². The molecule has 0 saturated heterocycles. The van der Waals surface area contributed by atoms with Gasteiger partial charge in [0.25, 0.3) is 0 Å². The summed E-state index contributed by atoms with van der Waals surface area (Å²) in [6.07, 6.45) is 5.85. The van der Waals surface area contributed by atoms with Crippen LogP contribution >= 0.6 is 0 Å². The van der Waals surface area contributed by atoms with Gasteiger partial charge in [0.2, 0.25) is 0 Å². The van der Waals surface area contributed by atoms with Gasteiger partial charge in [-0.05, 0) is 56.3 Å². The van der Waals surface area contributed by atoms with E-state index in [-0.39, 0.29) is 12.1 Å². The summed E-state index contributed by atoms with van der Waals surface area (Å²) in [4.78, 5) is 25.3. The lowest BCUT2D eigenvalue weighted by Crippen LogP contribution is -2.66. The van der Waals surface area contributed by atoms with E-state index < -0.39 is 18.1 Å². The molecule has 4 aliphatic carbocycles. The minimum Gasteiger partial charge on any atom is -0.480 e. The van der Waals surface area contributed by atoms with Gasteiger partial charge in [0.15, 0.2) is 0 Å². The Labute approximate surface area is 124 Å². The van der Waals surface area contributed by atoms with Crippen LogP contribution in [0, 0.1) is 17.8 Å². The molecule has 0 aliphatic heterocycles. The van der Waals surface area contributed by atoms with E-state index in [9.17, 15) is 14.7 Å². The van der Waals surface area contributed by atoms with E-state index >= 15 is 0 Å². The van der Waals surface area contributed by atoms with E-state index in [0.29, 0.717) is 17.8 Å². The molecule has 0 unspecified atom stereocenters. The number of ether oxygens (including phenoxy) is 1. The molecule has 6 nitrogen and oxygen atoms in total. The second-order valence-electron chi connectivity index (χ2n) is 7.07. The summed E-state index contributed by atoms with van der Waals surface area (Å²) < 4.78 is 4.90. The van der Waals surface area contributed by atoms with Gasteiger partial charge < -0.3 is 15.6 Å². The molecule has 0 aromatic heterocycles. The first-order chi connectivity index (χ1) is 9.99. The van der Waals surface area contributed by atoms with E-state index in [1.54, 1.807) is 0 Å². The molecule has 0 radical (unpaired) electrons. The molecule has 3 N–H and O–H groups in total. The van der Waals surface area contributed by atoms with Gasteiger partial charge in [-0.2, -0.15) is 0 Å². The SMILES string of the molecule is COC(=O)N([C@@H](CN)C(=O)O)C12CC3CC(CC(C3)C1)C2. The second kappa shape index (κ2) is 5.16. The van der Waals surface area contributed by atoms with Crippen LogP contribution in [0.4, 0.5) is 4.79 Å². The molecular formula is C15H24N2O4. The predicted octanol–water partition coefficient (Wildman–Crippen LogP) is 1.44. The number of aliphatic carboxylic acids is 1. The maximum Gasteiger partial charge on any atom is 0.410 e. The average Bonchev–Trinajstić information content (AvgIpc) is 2.41. The number of hydrogen-bond acceptors (Lipinski definition) is 4. The number of carboxylic acids is 1. The molecule has 0 spiro atoms. The Morgan fingerprint density at radius 1 is 1.24 bits per heavy atom. The smallest absolute Gasteiger partial charge is 0.410 e. The van der Waals surface area contributed by atoms with Gasteiger partial charge in [-0.15, -0.1) is 0 Å². The Morgan fingerprint density at radius 3 is 2.05 bits per heavy atom. The van der Waals surface area contributed by atoms with E-state index in [1.807, 2.05) is 0 Å². The monoisotopic (exact) mass is 296 g/mol. The number of nitrogens with zero attached hydrogens (tertiary/aromatic N) is 1. The molecule has 1 atom stereocenters. The Hall–Kier alpha value is -1.30. The molecule has 6 heteroatoms. The van der Waals surface area contributed by atoms with Crippen molar-refractivity contribution in [2.75, 3.05) is 13.7 Å². The van der Waals surface area contributed by atoms with Crippen molar-refractivity contribution in [3.05, 3.63) is 0 Å². The van der Waals surface area contributed by atoms with Crippen molar-refractivity contribution in [2.45, 2.75) is 50.1 Å². The van der Waals surface area contributed by atoms with Crippen molar-refractivity contribution in [1.82, 2.24) is 4.90 Å². The molecular weight excluding hydrogens is 272 g/mol. The van der Waals surface area contributed by atoms with Crippen molar-refractivity contribution in [3.63, 3.8) is 0 Å². The summed E-state index contributed by atoms with van der Waals surface area (Å²) in [6.45, 7) is -0.0772. The van der Waals surface area contributed by atoms with Crippen molar-refractivity contribution in [2.24, 2.45) is 23.5 Å². The van der Waals surface area contributed by atoms with E-state index in [2.05, 4.69) is 0 Å². The van der Waals surface area contributed by atoms with Crippen LogP contribution in [0.15, 0.2) is 0 Å². The quantitative estimate of drug-likeness (QED) is 0.818. The Morgan fingerprint density at radius 2 is 1.71 bits per heavy atom. The molecule has 0 aromatic rings. The molecule has 118 valence electrons. The zero-order chi connectivity index (χ0) is 15.2. The summed E-state index contributed by atoms with van der Waals surface area (Å²) in [5, 5.41) is 9.46. The molecule has 4 rings (SSSR count). The first-order valence-electron chi connectivity index (χ1n) is 7.79. The van der Waals surface area contributed by atoms with Crippen molar-refractivity contribution < 1.29 is 19.4 Å². The van der Waals surface area contributed by atoms with E-state index in [0.717, 1.165) is 19.3 Å². The highest BCUT2D eigenvalue weighted by atomic mass is 16.5. The highest BCUT2D eigenvalue weighted by Crippen LogP contribution is 2.58. The average molecular weight is 296 g/mol. The van der Waals surface area contributed by atoms with Crippen LogP contribution < -0.4 is 5.73 Å². The van der Waals surface area contributed by atoms with Gasteiger partial charge in [0.05, 0.1) is 7.11 Å². The highest BCUT2D eigenvalue weighted by Gasteiger charge is 2.57. The maximum atomic E-state index is 12.3. The van der Waals surface area contributed by atoms with Gasteiger partial charge in [-0.25, -0.2) is 9.59 Å². The summed E-state index contributed by atoms with van der Waals surface area (Å²) in [6, 6.07) is -0.992. The van der Waals surface area contributed by atoms with Gasteiger partial charge in [0, 0.05) is 12.1 Å². The fraction of sp³-hybridized carbons (Fsp3) is 0.867. The first kappa shape index (κ1) is 14.6. The standard InChI is InChI=1S/C15H24N2O4/c1-21-14(20)17(12(8-16)13(18)19)15-5-9-2-10(6-15)4-11(3-9)7-15/h9-12H,2-8,16H2,1H3,(H,18,19)/t9?,10?,11?,12-,15?/m0/s1. The van der Waals surface area contributed by atoms with Crippen LogP contribution in [-0.2, 0) is 9.53 Å². The van der Waals surface area contributed by atoms with Gasteiger partial charge in [0.1, 0.15) is 6.04 Å². The molecule has 4 aliphatic rings. The van der Waals surface area contributed by atoms with Crippen molar-refractivity contribution >= 4 is 12.1 Å². The lowest BCUT2D eigenvalue weighted by molar-refractivity contribution is -0.151. The topological polar surface area (TPSA) is 92.9 Å². The Kier molecular flexibility index (Phi) is 3.59. The predicted molar refractivity (Wildman–Crippen MR) is 75.6 cm³/mol.